The van der Waals surface area contributed by atoms with E-state index in [9.17, 15) is 18.0 Å². The first-order valence-electron chi connectivity index (χ1n) is 6.88. The summed E-state index contributed by atoms with van der Waals surface area (Å²) in [6.45, 7) is 5.25. The molecular weight excluding hydrogens is 284 g/mol. The van der Waals surface area contributed by atoms with Crippen molar-refractivity contribution < 1.29 is 27.5 Å². The fourth-order valence-corrected chi connectivity index (χ4v) is 4.57. The average molecular weight is 306 g/mol. The van der Waals surface area contributed by atoms with Gasteiger partial charge in [0, 0.05) is 5.92 Å². The van der Waals surface area contributed by atoms with Crippen molar-refractivity contribution in [3.8, 4) is 0 Å². The van der Waals surface area contributed by atoms with E-state index in [1.54, 1.807) is 20.8 Å². The van der Waals surface area contributed by atoms with Gasteiger partial charge in [0.25, 0.3) is 0 Å². The summed E-state index contributed by atoms with van der Waals surface area (Å²) in [5.74, 6) is -2.10. The smallest absolute Gasteiger partial charge is 0.323 e. The molecule has 6 nitrogen and oxygen atoms in total. The van der Waals surface area contributed by atoms with E-state index in [-0.39, 0.29) is 37.6 Å². The van der Waals surface area contributed by atoms with Crippen molar-refractivity contribution in [3.05, 3.63) is 0 Å². The molecule has 0 aromatic carbocycles. The Hall–Kier alpha value is -1.11. The van der Waals surface area contributed by atoms with E-state index in [1.165, 1.54) is 0 Å². The third-order valence-electron chi connectivity index (χ3n) is 3.77. The highest BCUT2D eigenvalue weighted by atomic mass is 32.2. The second kappa shape index (κ2) is 6.56. The van der Waals surface area contributed by atoms with E-state index in [4.69, 9.17) is 9.47 Å². The maximum absolute atomic E-state index is 12.3. The van der Waals surface area contributed by atoms with Gasteiger partial charge in [-0.2, -0.15) is 0 Å². The van der Waals surface area contributed by atoms with Gasteiger partial charge in [-0.3, -0.25) is 9.59 Å². The Morgan fingerprint density at radius 3 is 1.90 bits per heavy atom. The molecular formula is C13H22O6S. The van der Waals surface area contributed by atoms with Gasteiger partial charge in [-0.05, 0) is 26.7 Å². The zero-order valence-electron chi connectivity index (χ0n) is 12.2. The van der Waals surface area contributed by atoms with Crippen molar-refractivity contribution in [1.82, 2.24) is 0 Å². The van der Waals surface area contributed by atoms with Gasteiger partial charge in [0.05, 0.1) is 24.7 Å². The SMILES string of the molecule is CCOC(=O)C(CC)(C(=O)OCC)C1CCS(=O)(=O)C1. The quantitative estimate of drug-likeness (QED) is 0.536. The number of carbonyl (C=O) groups is 2. The number of sulfone groups is 1. The van der Waals surface area contributed by atoms with E-state index in [1.807, 2.05) is 0 Å². The van der Waals surface area contributed by atoms with Gasteiger partial charge in [-0.1, -0.05) is 6.92 Å². The highest BCUT2D eigenvalue weighted by molar-refractivity contribution is 7.91. The fraction of sp³-hybridized carbons (Fsp3) is 0.846. The first-order valence-corrected chi connectivity index (χ1v) is 8.71. The molecule has 1 unspecified atom stereocenters. The van der Waals surface area contributed by atoms with Crippen molar-refractivity contribution in [1.29, 1.82) is 0 Å². The Morgan fingerprint density at radius 2 is 1.60 bits per heavy atom. The van der Waals surface area contributed by atoms with E-state index < -0.39 is 33.1 Å². The van der Waals surface area contributed by atoms with Crippen LogP contribution >= 0.6 is 0 Å². The summed E-state index contributed by atoms with van der Waals surface area (Å²) in [5, 5.41) is 0. The molecule has 1 aliphatic heterocycles. The molecule has 7 heteroatoms. The molecule has 0 saturated carbocycles. The van der Waals surface area contributed by atoms with Crippen LogP contribution in [0.4, 0.5) is 0 Å². The summed E-state index contributed by atoms with van der Waals surface area (Å²) in [6, 6.07) is 0. The molecule has 0 spiro atoms. The van der Waals surface area contributed by atoms with Crippen LogP contribution in [0, 0.1) is 11.3 Å². The van der Waals surface area contributed by atoms with Crippen LogP contribution in [0.5, 0.6) is 0 Å². The monoisotopic (exact) mass is 306 g/mol. The highest BCUT2D eigenvalue weighted by Crippen LogP contribution is 2.41. The fourth-order valence-electron chi connectivity index (χ4n) is 2.70. The molecule has 1 atom stereocenters. The zero-order chi connectivity index (χ0) is 15.4. The van der Waals surface area contributed by atoms with Crippen molar-refractivity contribution in [2.24, 2.45) is 11.3 Å². The standard InChI is InChI=1S/C13H22O6S/c1-4-13(11(14)18-5-2,12(15)19-6-3)10-7-8-20(16,17)9-10/h10H,4-9H2,1-3H3. The lowest BCUT2D eigenvalue weighted by Crippen LogP contribution is -2.48. The van der Waals surface area contributed by atoms with Crippen LogP contribution in [-0.2, 0) is 28.9 Å². The number of esters is 2. The van der Waals surface area contributed by atoms with Crippen molar-refractivity contribution in [2.75, 3.05) is 24.7 Å². The maximum Gasteiger partial charge on any atom is 0.323 e. The summed E-state index contributed by atoms with van der Waals surface area (Å²) in [5.41, 5.74) is -1.50. The van der Waals surface area contributed by atoms with Gasteiger partial charge in [-0.15, -0.1) is 0 Å². The van der Waals surface area contributed by atoms with E-state index in [2.05, 4.69) is 0 Å². The summed E-state index contributed by atoms with van der Waals surface area (Å²) >= 11 is 0. The Labute approximate surface area is 119 Å². The summed E-state index contributed by atoms with van der Waals surface area (Å²) in [7, 11) is -3.20. The van der Waals surface area contributed by atoms with Crippen LogP contribution in [0.15, 0.2) is 0 Å². The van der Waals surface area contributed by atoms with E-state index in [0.29, 0.717) is 0 Å². The Morgan fingerprint density at radius 1 is 1.10 bits per heavy atom. The molecule has 1 fully saturated rings. The van der Waals surface area contributed by atoms with Crippen LogP contribution < -0.4 is 0 Å². The summed E-state index contributed by atoms with van der Waals surface area (Å²) < 4.78 is 33.3. The van der Waals surface area contributed by atoms with Crippen LogP contribution in [0.1, 0.15) is 33.6 Å². The molecule has 20 heavy (non-hydrogen) atoms. The number of carbonyl (C=O) groups excluding carboxylic acids is 2. The second-order valence-corrected chi connectivity index (χ2v) is 7.09. The number of ether oxygens (including phenoxy) is 2. The molecule has 1 saturated heterocycles. The highest BCUT2D eigenvalue weighted by Gasteiger charge is 2.56. The Balaban J connectivity index is 3.17. The molecule has 0 radical (unpaired) electrons. The van der Waals surface area contributed by atoms with Gasteiger partial charge in [-0.25, -0.2) is 8.42 Å². The predicted molar refractivity (Wildman–Crippen MR) is 72.8 cm³/mol. The first kappa shape index (κ1) is 16.9. The van der Waals surface area contributed by atoms with Gasteiger partial charge in [0.15, 0.2) is 15.3 Å². The van der Waals surface area contributed by atoms with Crippen LogP contribution in [0.2, 0.25) is 0 Å². The predicted octanol–water partition coefficient (Wildman–Crippen LogP) is 0.944. The third kappa shape index (κ3) is 3.13. The molecule has 0 aliphatic carbocycles. The lowest BCUT2D eigenvalue weighted by Gasteiger charge is -2.32. The van der Waals surface area contributed by atoms with Crippen molar-refractivity contribution in [3.63, 3.8) is 0 Å². The maximum atomic E-state index is 12.3. The molecule has 116 valence electrons. The van der Waals surface area contributed by atoms with Crippen LogP contribution in [0.3, 0.4) is 0 Å². The van der Waals surface area contributed by atoms with E-state index in [0.717, 1.165) is 0 Å². The second-order valence-electron chi connectivity index (χ2n) is 4.87. The molecule has 0 amide bonds. The topological polar surface area (TPSA) is 86.7 Å². The normalized spacial score (nSPS) is 21.4. The van der Waals surface area contributed by atoms with Crippen LogP contribution in [-0.4, -0.2) is 45.1 Å². The van der Waals surface area contributed by atoms with Crippen molar-refractivity contribution >= 4 is 21.8 Å². The Bertz CT molecular complexity index is 449. The summed E-state index contributed by atoms with van der Waals surface area (Å²) in [6.07, 6.45) is 0.457. The zero-order valence-corrected chi connectivity index (χ0v) is 13.0. The minimum absolute atomic E-state index is 0.00176. The van der Waals surface area contributed by atoms with Gasteiger partial charge >= 0.3 is 11.9 Å². The molecule has 1 heterocycles. The molecule has 0 bridgehead atoms. The van der Waals surface area contributed by atoms with Gasteiger partial charge in [0.2, 0.25) is 0 Å². The minimum atomic E-state index is -3.20. The summed E-state index contributed by atoms with van der Waals surface area (Å²) in [4.78, 5) is 24.6. The molecule has 0 aromatic rings. The van der Waals surface area contributed by atoms with Gasteiger partial charge < -0.3 is 9.47 Å². The number of hydrogen-bond donors (Lipinski definition) is 0. The molecule has 0 aromatic heterocycles. The molecule has 1 aliphatic rings. The lowest BCUT2D eigenvalue weighted by molar-refractivity contribution is -0.176. The minimum Gasteiger partial charge on any atom is -0.465 e. The average Bonchev–Trinajstić information content (AvgIpc) is 2.72. The van der Waals surface area contributed by atoms with Gasteiger partial charge in [0.1, 0.15) is 0 Å². The number of hydrogen-bond acceptors (Lipinski definition) is 6. The third-order valence-corrected chi connectivity index (χ3v) is 5.53. The first-order chi connectivity index (χ1) is 9.34. The largest absolute Gasteiger partial charge is 0.465 e. The molecule has 0 N–H and O–H groups in total. The number of rotatable bonds is 6. The van der Waals surface area contributed by atoms with Crippen LogP contribution in [0.25, 0.3) is 0 Å². The van der Waals surface area contributed by atoms with E-state index >= 15 is 0 Å². The lowest BCUT2D eigenvalue weighted by atomic mass is 9.72. The molecule has 1 rings (SSSR count). The Kier molecular flexibility index (Phi) is 5.56. The van der Waals surface area contributed by atoms with Crippen molar-refractivity contribution in [2.45, 2.75) is 33.6 Å².